The number of carboxylic acid groups (broad SMARTS) is 1. The molecule has 1 aromatic heterocycles. The highest BCUT2D eigenvalue weighted by molar-refractivity contribution is 9.10. The molecule has 0 radical (unpaired) electrons. The molecule has 37 heavy (non-hydrogen) atoms. The number of aliphatic carboxylic acids is 1. The van der Waals surface area contributed by atoms with Crippen molar-refractivity contribution in [3.8, 4) is 11.5 Å². The van der Waals surface area contributed by atoms with E-state index in [4.69, 9.17) is 19.3 Å². The van der Waals surface area contributed by atoms with Gasteiger partial charge in [0, 0.05) is 17.6 Å². The average Bonchev–Trinajstić information content (AvgIpc) is 2.90. The fourth-order valence-corrected chi connectivity index (χ4v) is 4.00. The van der Waals surface area contributed by atoms with E-state index in [9.17, 15) is 4.79 Å². The van der Waals surface area contributed by atoms with Crippen LogP contribution in [0.4, 0.5) is 23.5 Å². The number of benzene rings is 2. The number of nitrogens with zero attached hydrogens (tertiary/aromatic N) is 5. The highest BCUT2D eigenvalue weighted by atomic mass is 79.9. The Morgan fingerprint density at radius 2 is 1.95 bits per heavy atom. The Balaban J connectivity index is 1.54. The van der Waals surface area contributed by atoms with Crippen molar-refractivity contribution in [3.05, 3.63) is 52.0 Å². The first-order chi connectivity index (χ1) is 17.9. The molecular weight excluding hydrogens is 546 g/mol. The quantitative estimate of drug-likeness (QED) is 0.243. The summed E-state index contributed by atoms with van der Waals surface area (Å²) in [6, 6.07) is 11.0. The number of ether oxygens (including phenoxy) is 3. The molecule has 12 nitrogen and oxygen atoms in total. The van der Waals surface area contributed by atoms with Crippen molar-refractivity contribution in [2.24, 2.45) is 5.10 Å². The van der Waals surface area contributed by atoms with Crippen LogP contribution in [0.3, 0.4) is 0 Å². The number of aromatic nitrogens is 3. The molecule has 13 heteroatoms. The van der Waals surface area contributed by atoms with Crippen LogP contribution in [-0.4, -0.2) is 72.3 Å². The number of hydrazone groups is 1. The van der Waals surface area contributed by atoms with Gasteiger partial charge in [0.05, 0.1) is 32.2 Å². The molecular formula is C24H26BrN7O5. The zero-order valence-electron chi connectivity index (χ0n) is 20.3. The van der Waals surface area contributed by atoms with Crippen LogP contribution in [0.5, 0.6) is 11.5 Å². The molecule has 0 saturated carbocycles. The second-order valence-electron chi connectivity index (χ2n) is 7.95. The van der Waals surface area contributed by atoms with Crippen LogP contribution in [0.1, 0.15) is 11.1 Å². The summed E-state index contributed by atoms with van der Waals surface area (Å²) < 4.78 is 16.9. The molecule has 0 atom stereocenters. The highest BCUT2D eigenvalue weighted by Gasteiger charge is 2.17. The number of hydrogen-bond donors (Lipinski definition) is 3. The fraction of sp³-hybridized carbons (Fsp3) is 0.292. The molecule has 3 aromatic rings. The van der Waals surface area contributed by atoms with Crippen LogP contribution in [0, 0.1) is 6.92 Å². The first-order valence-electron chi connectivity index (χ1n) is 11.3. The summed E-state index contributed by atoms with van der Waals surface area (Å²) in [5.74, 6) is 0.751. The van der Waals surface area contributed by atoms with Crippen LogP contribution in [0.15, 0.2) is 46.0 Å². The van der Waals surface area contributed by atoms with Gasteiger partial charge in [0.25, 0.3) is 0 Å². The van der Waals surface area contributed by atoms with Gasteiger partial charge >= 0.3 is 5.97 Å². The molecule has 194 valence electrons. The normalized spacial score (nSPS) is 13.4. The summed E-state index contributed by atoms with van der Waals surface area (Å²) in [5, 5.41) is 16.3. The van der Waals surface area contributed by atoms with Crippen molar-refractivity contribution in [2.75, 3.05) is 55.7 Å². The summed E-state index contributed by atoms with van der Waals surface area (Å²) in [5.41, 5.74) is 5.49. The highest BCUT2D eigenvalue weighted by Crippen LogP contribution is 2.28. The lowest BCUT2D eigenvalue weighted by Crippen LogP contribution is -2.37. The third-order valence-corrected chi connectivity index (χ3v) is 5.86. The minimum Gasteiger partial charge on any atom is -0.493 e. The van der Waals surface area contributed by atoms with Crippen molar-refractivity contribution in [2.45, 2.75) is 6.92 Å². The van der Waals surface area contributed by atoms with E-state index in [2.05, 4.69) is 46.7 Å². The number of carbonyl (C=O) groups is 1. The Morgan fingerprint density at radius 1 is 1.16 bits per heavy atom. The molecule has 0 bridgehead atoms. The van der Waals surface area contributed by atoms with Crippen molar-refractivity contribution < 1.29 is 24.1 Å². The monoisotopic (exact) mass is 571 g/mol. The largest absolute Gasteiger partial charge is 0.493 e. The lowest BCUT2D eigenvalue weighted by molar-refractivity contribution is -0.139. The fourth-order valence-electron chi connectivity index (χ4n) is 3.41. The van der Waals surface area contributed by atoms with Gasteiger partial charge in [-0.2, -0.15) is 20.1 Å². The number of methoxy groups -OCH3 is 1. The second-order valence-corrected chi connectivity index (χ2v) is 8.81. The Morgan fingerprint density at radius 3 is 2.68 bits per heavy atom. The van der Waals surface area contributed by atoms with Gasteiger partial charge in [-0.15, -0.1) is 0 Å². The standard InChI is InChI=1S/C24H26BrN7O5/c1-15-3-5-18(17(25)11-15)27-22-28-23(30-24(29-22)32-7-9-36-10-8-32)31-26-13-16-4-6-19(20(12-16)35-2)37-14-21(33)34/h3-6,11-13H,7-10,14H2,1-2H3,(H,33,34)(H2,27,28,29,30,31)/b26-13+. The number of hydrogen-bond acceptors (Lipinski definition) is 11. The van der Waals surface area contributed by atoms with Crippen molar-refractivity contribution >= 4 is 51.6 Å². The van der Waals surface area contributed by atoms with Gasteiger partial charge in [0.15, 0.2) is 18.1 Å². The van der Waals surface area contributed by atoms with E-state index in [1.165, 1.54) is 7.11 Å². The molecule has 1 fully saturated rings. The third kappa shape index (κ3) is 7.27. The minimum atomic E-state index is -1.07. The number of carboxylic acids is 1. The zero-order chi connectivity index (χ0) is 26.2. The molecule has 2 aromatic carbocycles. The van der Waals surface area contributed by atoms with Gasteiger partial charge in [0.2, 0.25) is 17.8 Å². The molecule has 3 N–H and O–H groups in total. The Labute approximate surface area is 221 Å². The Kier molecular flexibility index (Phi) is 8.69. The number of morpholine rings is 1. The molecule has 0 amide bonds. The second kappa shape index (κ2) is 12.3. The number of halogens is 1. The lowest BCUT2D eigenvalue weighted by atomic mass is 10.2. The zero-order valence-corrected chi connectivity index (χ0v) is 21.9. The summed E-state index contributed by atoms with van der Waals surface area (Å²) in [6.07, 6.45) is 1.56. The van der Waals surface area contributed by atoms with Crippen molar-refractivity contribution in [1.29, 1.82) is 0 Å². The molecule has 0 spiro atoms. The first-order valence-corrected chi connectivity index (χ1v) is 12.1. The number of aryl methyl sites for hydroxylation is 1. The molecule has 2 heterocycles. The van der Waals surface area contributed by atoms with Gasteiger partial charge < -0.3 is 29.5 Å². The Bertz CT molecular complexity index is 1280. The molecule has 1 aliphatic heterocycles. The maximum absolute atomic E-state index is 10.8. The van der Waals surface area contributed by atoms with E-state index >= 15 is 0 Å². The van der Waals surface area contributed by atoms with E-state index in [0.29, 0.717) is 55.3 Å². The average molecular weight is 572 g/mol. The van der Waals surface area contributed by atoms with Crippen molar-refractivity contribution in [1.82, 2.24) is 15.0 Å². The van der Waals surface area contributed by atoms with Gasteiger partial charge in [-0.25, -0.2) is 10.2 Å². The van der Waals surface area contributed by atoms with Crippen LogP contribution >= 0.6 is 15.9 Å². The van der Waals surface area contributed by atoms with Crippen LogP contribution in [0.2, 0.25) is 0 Å². The molecule has 4 rings (SSSR count). The van der Waals surface area contributed by atoms with E-state index in [0.717, 1.165) is 15.7 Å². The van der Waals surface area contributed by atoms with Crippen molar-refractivity contribution in [3.63, 3.8) is 0 Å². The summed E-state index contributed by atoms with van der Waals surface area (Å²) in [6.45, 7) is 4.05. The first kappa shape index (κ1) is 26.1. The van der Waals surface area contributed by atoms with Gasteiger partial charge in [-0.05, 0) is 64.3 Å². The predicted molar refractivity (Wildman–Crippen MR) is 142 cm³/mol. The summed E-state index contributed by atoms with van der Waals surface area (Å²) in [7, 11) is 1.47. The van der Waals surface area contributed by atoms with Crippen LogP contribution in [-0.2, 0) is 9.53 Å². The number of rotatable bonds is 10. The summed E-state index contributed by atoms with van der Waals surface area (Å²) >= 11 is 3.57. The third-order valence-electron chi connectivity index (χ3n) is 5.21. The van der Waals surface area contributed by atoms with Crippen LogP contribution in [0.25, 0.3) is 0 Å². The van der Waals surface area contributed by atoms with Crippen LogP contribution < -0.4 is 25.1 Å². The number of anilines is 4. The van der Waals surface area contributed by atoms with E-state index in [-0.39, 0.29) is 5.95 Å². The summed E-state index contributed by atoms with van der Waals surface area (Å²) in [4.78, 5) is 26.4. The smallest absolute Gasteiger partial charge is 0.341 e. The predicted octanol–water partition coefficient (Wildman–Crippen LogP) is 3.44. The topological polar surface area (TPSA) is 143 Å². The number of nitrogens with one attached hydrogen (secondary N) is 2. The maximum atomic E-state index is 10.8. The molecule has 1 saturated heterocycles. The minimum absolute atomic E-state index is 0.256. The molecule has 1 aliphatic rings. The lowest BCUT2D eigenvalue weighted by Gasteiger charge is -2.27. The van der Waals surface area contributed by atoms with Gasteiger partial charge in [0.1, 0.15) is 0 Å². The van der Waals surface area contributed by atoms with Gasteiger partial charge in [-0.1, -0.05) is 6.07 Å². The van der Waals surface area contributed by atoms with E-state index in [1.807, 2.05) is 30.0 Å². The molecule has 0 aliphatic carbocycles. The van der Waals surface area contributed by atoms with Gasteiger partial charge in [-0.3, -0.25) is 0 Å². The van der Waals surface area contributed by atoms with E-state index in [1.54, 1.807) is 24.4 Å². The Hall–Kier alpha value is -3.97. The van der Waals surface area contributed by atoms with E-state index < -0.39 is 12.6 Å². The SMILES string of the molecule is COc1cc(/C=N/Nc2nc(Nc3ccc(C)cc3Br)nc(N3CCOCC3)n2)ccc1OCC(=O)O. The maximum Gasteiger partial charge on any atom is 0.341 e. The molecule has 0 unspecified atom stereocenters.